The van der Waals surface area contributed by atoms with Crippen molar-refractivity contribution in [2.45, 2.75) is 56.1 Å². The number of anilines is 1. The highest BCUT2D eigenvalue weighted by Gasteiger charge is 2.45. The molecule has 2 aromatic carbocycles. The molecule has 0 aliphatic carbocycles. The van der Waals surface area contributed by atoms with Gasteiger partial charge in [-0.15, -0.1) is 0 Å². The molecule has 4 saturated heterocycles. The Morgan fingerprint density at radius 3 is 2.53 bits per heavy atom. The highest BCUT2D eigenvalue weighted by molar-refractivity contribution is 5.92. The molecular weight excluding hydrogens is 547 g/mol. The number of benzene rings is 2. The average Bonchev–Trinajstić information content (AvgIpc) is 3.71. The number of pyridine rings is 1. The number of phenols is 1. The molecule has 2 N–H and O–H groups in total. The van der Waals surface area contributed by atoms with Crippen LogP contribution in [0.3, 0.4) is 0 Å². The smallest absolute Gasteiger partial charge is 0.319 e. The van der Waals surface area contributed by atoms with Crippen molar-refractivity contribution in [1.29, 1.82) is 0 Å². The number of phenolic OH excluding ortho intramolecular Hbond substituents is 1. The Morgan fingerprint density at radius 2 is 1.77 bits per heavy atom. The number of para-hydroxylation sites is 1. The van der Waals surface area contributed by atoms with Crippen LogP contribution in [0.1, 0.15) is 38.5 Å². The van der Waals surface area contributed by atoms with Gasteiger partial charge in [0.1, 0.15) is 40.9 Å². The second kappa shape index (κ2) is 10.6. The van der Waals surface area contributed by atoms with Gasteiger partial charge in [-0.2, -0.15) is 9.97 Å². The predicted molar refractivity (Wildman–Crippen MR) is 161 cm³/mol. The minimum Gasteiger partial charge on any atom is -0.508 e. The zero-order valence-electron chi connectivity index (χ0n) is 24.0. The van der Waals surface area contributed by atoms with Gasteiger partial charge in [0.15, 0.2) is 5.82 Å². The molecule has 2 atom stereocenters. The van der Waals surface area contributed by atoms with Crippen LogP contribution in [0.15, 0.2) is 54.7 Å². The van der Waals surface area contributed by atoms with E-state index in [0.29, 0.717) is 47.0 Å². The second-order valence-electron chi connectivity index (χ2n) is 12.4. The van der Waals surface area contributed by atoms with E-state index in [1.54, 1.807) is 12.3 Å². The third-order valence-electron chi connectivity index (χ3n) is 9.63. The van der Waals surface area contributed by atoms with Gasteiger partial charge < -0.3 is 24.8 Å². The molecular formula is C33H35FN6O3. The van der Waals surface area contributed by atoms with Gasteiger partial charge in [-0.25, -0.2) is 4.39 Å². The summed E-state index contributed by atoms with van der Waals surface area (Å²) in [6.07, 6.45) is 8.39. The fraction of sp³-hybridized carbons (Fsp3) is 0.424. The number of fused-ring (bicyclic) bond motifs is 4. The summed E-state index contributed by atoms with van der Waals surface area (Å²) in [5, 5.41) is 14.6. The van der Waals surface area contributed by atoms with Crippen LogP contribution in [0.4, 0.5) is 10.2 Å². The summed E-state index contributed by atoms with van der Waals surface area (Å²) in [5.41, 5.74) is 0.538. The van der Waals surface area contributed by atoms with Crippen LogP contribution in [-0.4, -0.2) is 75.4 Å². The molecule has 0 saturated carbocycles. The van der Waals surface area contributed by atoms with Crippen molar-refractivity contribution in [2.75, 3.05) is 37.7 Å². The molecule has 4 aliphatic heterocycles. The number of hydrogen-bond acceptors (Lipinski definition) is 9. The Hall–Kier alpha value is -4.02. The number of halogens is 1. The monoisotopic (exact) mass is 582 g/mol. The maximum absolute atomic E-state index is 16.7. The number of nitrogens with zero attached hydrogens (tertiary/aromatic N) is 5. The lowest BCUT2D eigenvalue weighted by Crippen LogP contribution is -2.51. The fourth-order valence-corrected chi connectivity index (χ4v) is 7.55. The number of rotatable bonds is 7. The van der Waals surface area contributed by atoms with Crippen LogP contribution < -0.4 is 19.7 Å². The van der Waals surface area contributed by atoms with E-state index in [1.807, 2.05) is 30.3 Å². The van der Waals surface area contributed by atoms with Crippen molar-refractivity contribution in [3.8, 4) is 34.5 Å². The quantitative estimate of drug-likeness (QED) is 0.302. The van der Waals surface area contributed by atoms with Crippen LogP contribution in [0.5, 0.6) is 23.3 Å². The van der Waals surface area contributed by atoms with Crippen LogP contribution >= 0.6 is 0 Å². The molecule has 222 valence electrons. The maximum atomic E-state index is 16.7. The van der Waals surface area contributed by atoms with Gasteiger partial charge in [0.2, 0.25) is 0 Å². The van der Waals surface area contributed by atoms with E-state index in [2.05, 4.69) is 25.1 Å². The van der Waals surface area contributed by atoms with Gasteiger partial charge >= 0.3 is 6.01 Å². The summed E-state index contributed by atoms with van der Waals surface area (Å²) < 4.78 is 29.1. The third kappa shape index (κ3) is 4.82. The van der Waals surface area contributed by atoms with Crippen molar-refractivity contribution in [1.82, 2.24) is 25.2 Å². The summed E-state index contributed by atoms with van der Waals surface area (Å²) in [7, 11) is 0. The molecule has 8 rings (SSSR count). The van der Waals surface area contributed by atoms with Crippen molar-refractivity contribution in [3.63, 3.8) is 0 Å². The van der Waals surface area contributed by atoms with Gasteiger partial charge in [0.25, 0.3) is 0 Å². The average molecular weight is 583 g/mol. The first-order valence-corrected chi connectivity index (χ1v) is 15.4. The Morgan fingerprint density at radius 1 is 1.00 bits per heavy atom. The third-order valence-corrected chi connectivity index (χ3v) is 9.63. The van der Waals surface area contributed by atoms with E-state index in [9.17, 15) is 5.11 Å². The Labute approximate surface area is 249 Å². The van der Waals surface area contributed by atoms with Gasteiger partial charge in [0, 0.05) is 36.9 Å². The largest absolute Gasteiger partial charge is 0.508 e. The van der Waals surface area contributed by atoms with E-state index in [1.165, 1.54) is 12.1 Å². The molecule has 2 bridgehead atoms. The standard InChI is InChI=1S/C33H35FN6O3/c34-28-29(25-16-23(41)10-11-27(25)43-24-6-2-1-3-7-24)35-17-26-30(28)37-32(42-20-33-12-4-14-40(33)15-5-13-33)38-31(26)39-18-21-8-9-22(19-39)36-21/h1-3,6-7,10-11,16-17,21-22,36,41H,4-5,8-9,12-15,18-20H2/t21-,22+. The zero-order chi connectivity index (χ0) is 29.0. The summed E-state index contributed by atoms with van der Waals surface area (Å²) >= 11 is 0. The molecule has 43 heavy (non-hydrogen) atoms. The second-order valence-corrected chi connectivity index (χ2v) is 12.4. The Balaban J connectivity index is 1.22. The Bertz CT molecular complexity index is 1650. The number of aromatic nitrogens is 3. The number of aromatic hydroxyl groups is 1. The number of piperazine rings is 1. The molecule has 2 aromatic heterocycles. The van der Waals surface area contributed by atoms with Gasteiger partial charge in [-0.3, -0.25) is 9.88 Å². The van der Waals surface area contributed by atoms with Gasteiger partial charge in [-0.1, -0.05) is 18.2 Å². The van der Waals surface area contributed by atoms with Crippen LogP contribution in [0.2, 0.25) is 0 Å². The highest BCUT2D eigenvalue weighted by Crippen LogP contribution is 2.41. The predicted octanol–water partition coefficient (Wildman–Crippen LogP) is 5.28. The highest BCUT2D eigenvalue weighted by atomic mass is 19.1. The fourth-order valence-electron chi connectivity index (χ4n) is 7.55. The lowest BCUT2D eigenvalue weighted by atomic mass is 9.95. The lowest BCUT2D eigenvalue weighted by Gasteiger charge is -2.34. The molecule has 0 amide bonds. The van der Waals surface area contributed by atoms with Crippen molar-refractivity contribution in [2.24, 2.45) is 0 Å². The number of nitrogens with one attached hydrogen (secondary N) is 1. The van der Waals surface area contributed by atoms with E-state index >= 15 is 4.39 Å². The van der Waals surface area contributed by atoms with Gasteiger partial charge in [-0.05, 0) is 81.9 Å². The SMILES string of the molecule is Oc1ccc(Oc2ccccc2)c(-c2ncc3c(N4C[C@H]5CC[C@@H](C4)N5)nc(OCC45CCCN4CCC5)nc3c2F)c1. The normalized spacial score (nSPS) is 22.7. The minimum absolute atomic E-state index is 0.0137. The van der Waals surface area contributed by atoms with Crippen LogP contribution in [-0.2, 0) is 0 Å². The lowest BCUT2D eigenvalue weighted by molar-refractivity contribution is 0.108. The van der Waals surface area contributed by atoms with Crippen LogP contribution in [0.25, 0.3) is 22.2 Å². The van der Waals surface area contributed by atoms with Crippen LogP contribution in [0, 0.1) is 5.82 Å². The molecule has 0 radical (unpaired) electrons. The Kier molecular flexibility index (Phi) is 6.56. The first kappa shape index (κ1) is 26.6. The summed E-state index contributed by atoms with van der Waals surface area (Å²) in [5.74, 6) is 1.00. The van der Waals surface area contributed by atoms with E-state index in [-0.39, 0.29) is 28.5 Å². The molecule has 0 spiro atoms. The molecule has 6 heterocycles. The topological polar surface area (TPSA) is 95.9 Å². The van der Waals surface area contributed by atoms with Gasteiger partial charge in [0.05, 0.1) is 10.9 Å². The van der Waals surface area contributed by atoms with Crippen molar-refractivity contribution in [3.05, 3.63) is 60.5 Å². The van der Waals surface area contributed by atoms with Crippen molar-refractivity contribution < 1.29 is 19.0 Å². The van der Waals surface area contributed by atoms with E-state index in [0.717, 1.165) is 64.7 Å². The van der Waals surface area contributed by atoms with E-state index < -0.39 is 5.82 Å². The summed E-state index contributed by atoms with van der Waals surface area (Å²) in [4.78, 5) is 18.9. The molecule has 4 aliphatic rings. The van der Waals surface area contributed by atoms with E-state index in [4.69, 9.17) is 14.5 Å². The number of hydrogen-bond donors (Lipinski definition) is 2. The molecule has 4 fully saturated rings. The summed E-state index contributed by atoms with van der Waals surface area (Å²) in [6, 6.07) is 14.8. The maximum Gasteiger partial charge on any atom is 0.319 e. The number of ether oxygens (including phenoxy) is 2. The minimum atomic E-state index is -0.603. The van der Waals surface area contributed by atoms with Crippen molar-refractivity contribution >= 4 is 16.7 Å². The summed E-state index contributed by atoms with van der Waals surface area (Å²) in [6.45, 7) is 4.25. The molecule has 4 aromatic rings. The molecule has 9 nitrogen and oxygen atoms in total. The first-order valence-electron chi connectivity index (χ1n) is 15.4. The molecule has 0 unspecified atom stereocenters. The zero-order valence-corrected chi connectivity index (χ0v) is 24.0. The first-order chi connectivity index (χ1) is 21.0. The molecule has 10 heteroatoms.